The van der Waals surface area contributed by atoms with Crippen LogP contribution in [0.4, 0.5) is 0 Å². The molecule has 0 bridgehead atoms. The van der Waals surface area contributed by atoms with E-state index in [1.165, 1.54) is 0 Å². The van der Waals surface area contributed by atoms with Crippen LogP contribution in [0.5, 0.6) is 11.5 Å². The van der Waals surface area contributed by atoms with Crippen molar-refractivity contribution in [3.05, 3.63) is 56.1 Å². The van der Waals surface area contributed by atoms with Gasteiger partial charge in [-0.2, -0.15) is 0 Å². The number of halogens is 2. The molecule has 2 N–H and O–H groups in total. The predicted octanol–water partition coefficient (Wildman–Crippen LogP) is 4.87. The summed E-state index contributed by atoms with van der Waals surface area (Å²) in [7, 11) is 0. The van der Waals surface area contributed by atoms with Crippen LogP contribution < -0.4 is 10.5 Å². The number of benzene rings is 2. The van der Waals surface area contributed by atoms with Gasteiger partial charge in [0.05, 0.1) is 0 Å². The van der Waals surface area contributed by atoms with Crippen molar-refractivity contribution in [3.63, 3.8) is 0 Å². The average Bonchev–Trinajstić information content (AvgIpc) is 2.28. The summed E-state index contributed by atoms with van der Waals surface area (Å²) in [6, 6.07) is 13.8. The van der Waals surface area contributed by atoms with Crippen molar-refractivity contribution in [1.29, 1.82) is 0 Å². The second kappa shape index (κ2) is 6.04. The number of ether oxygens (including phenoxy) is 1. The van der Waals surface area contributed by atoms with Gasteiger partial charge in [-0.05, 0) is 65.4 Å². The smallest absolute Gasteiger partial charge is 0.128 e. The molecule has 0 unspecified atom stereocenters. The Hall–Kier alpha value is -0.590. The summed E-state index contributed by atoms with van der Waals surface area (Å²) in [5, 5.41) is 0. The number of nitrogens with two attached hydrogens (primary N) is 1. The third-order valence-electron chi connectivity index (χ3n) is 2.49. The Labute approximate surface area is 129 Å². The first-order valence-electron chi connectivity index (χ1n) is 5.54. The minimum atomic E-state index is 0.00565. The van der Waals surface area contributed by atoms with E-state index in [4.69, 9.17) is 10.5 Å². The van der Waals surface area contributed by atoms with Gasteiger partial charge >= 0.3 is 0 Å². The van der Waals surface area contributed by atoms with E-state index in [2.05, 4.69) is 38.5 Å². The maximum absolute atomic E-state index is 5.87. The molecule has 0 aliphatic heterocycles. The lowest BCUT2D eigenvalue weighted by atomic mass is 10.1. The monoisotopic (exact) mass is 417 g/mol. The SMILES string of the molecule is C[C@@H](N)c1ccc(Oc2cccc(I)c2)cc1Br. The molecule has 94 valence electrons. The third kappa shape index (κ3) is 3.46. The molecule has 4 heteroatoms. The molecule has 0 saturated carbocycles. The van der Waals surface area contributed by atoms with Crippen molar-refractivity contribution >= 4 is 38.5 Å². The fourth-order valence-electron chi connectivity index (χ4n) is 1.61. The molecule has 0 aliphatic rings. The van der Waals surface area contributed by atoms with Crippen molar-refractivity contribution in [3.8, 4) is 11.5 Å². The summed E-state index contributed by atoms with van der Waals surface area (Å²) in [4.78, 5) is 0. The summed E-state index contributed by atoms with van der Waals surface area (Å²) < 4.78 is 7.92. The molecule has 2 aromatic carbocycles. The molecule has 2 nitrogen and oxygen atoms in total. The molecular formula is C14H13BrINO. The molecule has 0 saturated heterocycles. The van der Waals surface area contributed by atoms with Crippen LogP contribution in [0.15, 0.2) is 46.9 Å². The fraction of sp³-hybridized carbons (Fsp3) is 0.143. The van der Waals surface area contributed by atoms with Crippen molar-refractivity contribution in [2.45, 2.75) is 13.0 Å². The zero-order valence-electron chi connectivity index (χ0n) is 9.86. The highest BCUT2D eigenvalue weighted by molar-refractivity contribution is 14.1. The Morgan fingerprint density at radius 2 is 1.89 bits per heavy atom. The molecule has 1 atom stereocenters. The highest BCUT2D eigenvalue weighted by atomic mass is 127. The van der Waals surface area contributed by atoms with Crippen molar-refractivity contribution in [2.75, 3.05) is 0 Å². The summed E-state index contributed by atoms with van der Waals surface area (Å²) in [5.74, 6) is 1.63. The van der Waals surface area contributed by atoms with Gasteiger partial charge in [-0.3, -0.25) is 0 Å². The van der Waals surface area contributed by atoms with Crippen LogP contribution in [0, 0.1) is 3.57 Å². The fourth-order valence-corrected chi connectivity index (χ4v) is 2.84. The van der Waals surface area contributed by atoms with Crippen LogP contribution in [-0.4, -0.2) is 0 Å². The molecule has 0 aromatic heterocycles. The van der Waals surface area contributed by atoms with E-state index in [-0.39, 0.29) is 6.04 Å². The topological polar surface area (TPSA) is 35.2 Å². The van der Waals surface area contributed by atoms with Crippen LogP contribution >= 0.6 is 38.5 Å². The van der Waals surface area contributed by atoms with Gasteiger partial charge in [0.2, 0.25) is 0 Å². The summed E-state index contributed by atoms with van der Waals surface area (Å²) >= 11 is 5.78. The number of rotatable bonds is 3. The van der Waals surface area contributed by atoms with Gasteiger partial charge in [0.1, 0.15) is 11.5 Å². The summed E-state index contributed by atoms with van der Waals surface area (Å²) in [6.07, 6.45) is 0. The van der Waals surface area contributed by atoms with E-state index >= 15 is 0 Å². The van der Waals surface area contributed by atoms with E-state index in [0.29, 0.717) is 0 Å². The Bertz CT molecular complexity index is 557. The minimum Gasteiger partial charge on any atom is -0.457 e. The lowest BCUT2D eigenvalue weighted by Gasteiger charge is -2.11. The molecule has 2 aromatic rings. The normalized spacial score (nSPS) is 12.2. The molecule has 0 heterocycles. The molecule has 0 aliphatic carbocycles. The highest BCUT2D eigenvalue weighted by Crippen LogP contribution is 2.29. The second-order valence-corrected chi connectivity index (χ2v) is 6.13. The van der Waals surface area contributed by atoms with Crippen molar-refractivity contribution in [2.24, 2.45) is 5.73 Å². The van der Waals surface area contributed by atoms with E-state index in [1.54, 1.807) is 0 Å². The zero-order valence-corrected chi connectivity index (χ0v) is 13.6. The Morgan fingerprint density at radius 1 is 1.17 bits per heavy atom. The van der Waals surface area contributed by atoms with Crippen LogP contribution in [0.3, 0.4) is 0 Å². The molecule has 18 heavy (non-hydrogen) atoms. The van der Waals surface area contributed by atoms with Crippen LogP contribution in [0.2, 0.25) is 0 Å². The second-order valence-electron chi connectivity index (χ2n) is 4.03. The zero-order chi connectivity index (χ0) is 13.1. The summed E-state index contributed by atoms with van der Waals surface area (Å²) in [6.45, 7) is 1.96. The average molecular weight is 418 g/mol. The minimum absolute atomic E-state index is 0.00565. The molecular weight excluding hydrogens is 405 g/mol. The van der Waals surface area contributed by atoms with Crippen LogP contribution in [0.1, 0.15) is 18.5 Å². The largest absolute Gasteiger partial charge is 0.457 e. The Morgan fingerprint density at radius 3 is 2.50 bits per heavy atom. The number of hydrogen-bond donors (Lipinski definition) is 1. The van der Waals surface area contributed by atoms with Gasteiger partial charge in [-0.25, -0.2) is 0 Å². The number of hydrogen-bond acceptors (Lipinski definition) is 2. The van der Waals surface area contributed by atoms with Gasteiger partial charge in [-0.1, -0.05) is 28.1 Å². The van der Waals surface area contributed by atoms with Crippen LogP contribution in [-0.2, 0) is 0 Å². The van der Waals surface area contributed by atoms with E-state index < -0.39 is 0 Å². The first-order valence-corrected chi connectivity index (χ1v) is 7.42. The summed E-state index contributed by atoms with van der Waals surface area (Å²) in [5.41, 5.74) is 6.94. The van der Waals surface area contributed by atoms with E-state index in [0.717, 1.165) is 25.1 Å². The molecule has 0 spiro atoms. The lowest BCUT2D eigenvalue weighted by molar-refractivity contribution is 0.481. The lowest BCUT2D eigenvalue weighted by Crippen LogP contribution is -2.05. The molecule has 2 rings (SSSR count). The molecule has 0 amide bonds. The van der Waals surface area contributed by atoms with Gasteiger partial charge in [0.15, 0.2) is 0 Å². The first-order chi connectivity index (χ1) is 8.56. The maximum Gasteiger partial charge on any atom is 0.128 e. The van der Waals surface area contributed by atoms with E-state index in [1.807, 2.05) is 49.4 Å². The van der Waals surface area contributed by atoms with Gasteiger partial charge in [0.25, 0.3) is 0 Å². The van der Waals surface area contributed by atoms with Gasteiger partial charge < -0.3 is 10.5 Å². The highest BCUT2D eigenvalue weighted by Gasteiger charge is 2.06. The predicted molar refractivity (Wildman–Crippen MR) is 86.0 cm³/mol. The Balaban J connectivity index is 2.23. The van der Waals surface area contributed by atoms with Crippen molar-refractivity contribution < 1.29 is 4.74 Å². The Kier molecular flexibility index (Phi) is 4.64. The van der Waals surface area contributed by atoms with E-state index in [9.17, 15) is 0 Å². The molecule has 0 fully saturated rings. The van der Waals surface area contributed by atoms with Gasteiger partial charge in [-0.15, -0.1) is 0 Å². The first kappa shape index (κ1) is 13.8. The molecule has 0 radical (unpaired) electrons. The third-order valence-corrected chi connectivity index (χ3v) is 3.85. The van der Waals surface area contributed by atoms with Gasteiger partial charge in [0, 0.05) is 14.1 Å². The quantitative estimate of drug-likeness (QED) is 0.723. The van der Waals surface area contributed by atoms with Crippen LogP contribution in [0.25, 0.3) is 0 Å². The maximum atomic E-state index is 5.87. The van der Waals surface area contributed by atoms with Crippen molar-refractivity contribution in [1.82, 2.24) is 0 Å². The standard InChI is InChI=1S/C14H13BrINO/c1-9(17)13-6-5-12(8-14(13)15)18-11-4-2-3-10(16)7-11/h2-9H,17H2,1H3/t9-/m1/s1.